The minimum absolute atomic E-state index is 0.0495. The van der Waals surface area contributed by atoms with E-state index >= 15 is 0 Å². The first-order valence-electron chi connectivity index (χ1n) is 13.7. The highest BCUT2D eigenvalue weighted by atomic mass is 16.4. The number of hydrazine groups is 1. The van der Waals surface area contributed by atoms with Gasteiger partial charge in [-0.3, -0.25) is 34.3 Å². The smallest absolute Gasteiger partial charge is 0.252 e. The highest BCUT2D eigenvalue weighted by Crippen LogP contribution is 2.53. The van der Waals surface area contributed by atoms with E-state index in [-0.39, 0.29) is 24.8 Å². The molecular formula is C29H34N3O8-. The van der Waals surface area contributed by atoms with Gasteiger partial charge in [-0.25, -0.2) is 5.43 Å². The van der Waals surface area contributed by atoms with Gasteiger partial charge in [0.15, 0.2) is 29.1 Å². The number of benzene rings is 1. The molecule has 11 heteroatoms. The van der Waals surface area contributed by atoms with Gasteiger partial charge in [-0.2, -0.15) is 0 Å². The van der Waals surface area contributed by atoms with Gasteiger partial charge < -0.3 is 15.0 Å². The van der Waals surface area contributed by atoms with Crippen LogP contribution in [-0.4, -0.2) is 70.7 Å². The number of aryl methyl sites for hydroxylation is 1. The number of likely N-dealkylation sites (N-methyl/N-ethyl adjacent to an activating group) is 1. The fourth-order valence-electron chi connectivity index (χ4n) is 7.68. The topological polar surface area (TPSA) is 173 Å². The molecule has 0 aromatic heterocycles. The Labute approximate surface area is 231 Å². The number of nitrogens with one attached hydrogen (secondary N) is 2. The number of nitrogens with zero attached hydrogens (tertiary/aromatic N) is 1. The molecule has 0 spiro atoms. The highest BCUT2D eigenvalue weighted by molar-refractivity contribution is 6.29. The van der Waals surface area contributed by atoms with Gasteiger partial charge in [0, 0.05) is 11.5 Å². The molecule has 3 fully saturated rings. The van der Waals surface area contributed by atoms with Crippen LogP contribution in [0.25, 0.3) is 0 Å². The van der Waals surface area contributed by atoms with Gasteiger partial charge in [0.2, 0.25) is 0 Å². The highest BCUT2D eigenvalue weighted by Gasteiger charge is 2.64. The van der Waals surface area contributed by atoms with Crippen molar-refractivity contribution in [1.82, 2.24) is 15.8 Å². The molecule has 1 aromatic rings. The number of carbonyl (C=O) groups is 6. The van der Waals surface area contributed by atoms with Gasteiger partial charge >= 0.3 is 0 Å². The summed E-state index contributed by atoms with van der Waals surface area (Å²) >= 11 is 0. The third-order valence-corrected chi connectivity index (χ3v) is 9.70. The summed E-state index contributed by atoms with van der Waals surface area (Å²) in [5.74, 6) is -11.5. The average molecular weight is 553 g/mol. The number of Topliss-reactive ketones (excluding diaryl/α,β-unsaturated/α-hetero) is 4. The van der Waals surface area contributed by atoms with E-state index in [1.165, 1.54) is 0 Å². The van der Waals surface area contributed by atoms with Crippen molar-refractivity contribution < 1.29 is 39.0 Å². The number of carboxylic acid groups (broad SMARTS) is 1. The van der Waals surface area contributed by atoms with Crippen LogP contribution in [0.1, 0.15) is 60.5 Å². The number of aliphatic hydroxyl groups is 1. The van der Waals surface area contributed by atoms with Gasteiger partial charge in [-0.1, -0.05) is 31.0 Å². The van der Waals surface area contributed by atoms with E-state index in [2.05, 4.69) is 10.9 Å². The molecule has 0 saturated heterocycles. The van der Waals surface area contributed by atoms with Gasteiger partial charge in [0.05, 0.1) is 35.0 Å². The SMILES string of the molecule is Cc1cccc2c1C(=O)C1C(=O)C3C(=O)C(C(=O)NNC4(C(=O)[O-])CCCC4)C(=O)[C@@H](N(C)C)[C@@H]3C[C@@H]1C2(C)O. The van der Waals surface area contributed by atoms with E-state index in [0.717, 1.165) is 0 Å². The van der Waals surface area contributed by atoms with E-state index in [4.69, 9.17) is 0 Å². The zero-order valence-corrected chi connectivity index (χ0v) is 23.0. The molecule has 7 atom stereocenters. The third-order valence-electron chi connectivity index (χ3n) is 9.70. The molecule has 1 aromatic carbocycles. The Bertz CT molecular complexity index is 1330. The van der Waals surface area contributed by atoms with Crippen molar-refractivity contribution in [3.63, 3.8) is 0 Å². The molecule has 3 N–H and O–H groups in total. The van der Waals surface area contributed by atoms with Crippen LogP contribution >= 0.6 is 0 Å². The number of carbonyl (C=O) groups excluding carboxylic acids is 6. The minimum Gasteiger partial charge on any atom is -0.548 e. The first-order valence-corrected chi connectivity index (χ1v) is 13.7. The summed E-state index contributed by atoms with van der Waals surface area (Å²) in [5.41, 5.74) is 2.94. The lowest BCUT2D eigenvalue weighted by atomic mass is 9.51. The van der Waals surface area contributed by atoms with Crippen LogP contribution in [0.4, 0.5) is 0 Å². The largest absolute Gasteiger partial charge is 0.548 e. The molecular weight excluding hydrogens is 518 g/mol. The summed E-state index contributed by atoms with van der Waals surface area (Å²) in [6.07, 6.45) is 1.66. The second kappa shape index (κ2) is 9.67. The number of hydrogen-bond acceptors (Lipinski definition) is 10. The van der Waals surface area contributed by atoms with Gasteiger partial charge in [-0.05, 0) is 64.3 Å². The molecule has 5 rings (SSSR count). The molecule has 0 heterocycles. The molecule has 214 valence electrons. The lowest BCUT2D eigenvalue weighted by molar-refractivity contribution is -0.314. The first-order chi connectivity index (χ1) is 18.7. The van der Waals surface area contributed by atoms with Crippen molar-refractivity contribution in [2.75, 3.05) is 14.1 Å². The van der Waals surface area contributed by atoms with E-state index in [0.29, 0.717) is 24.0 Å². The second-order valence-electron chi connectivity index (χ2n) is 12.2. The summed E-state index contributed by atoms with van der Waals surface area (Å²) < 4.78 is 0. The monoisotopic (exact) mass is 552 g/mol. The third kappa shape index (κ3) is 3.97. The van der Waals surface area contributed by atoms with Crippen LogP contribution in [0.5, 0.6) is 0 Å². The maximum atomic E-state index is 14.1. The fourth-order valence-corrected chi connectivity index (χ4v) is 7.68. The summed E-state index contributed by atoms with van der Waals surface area (Å²) in [6.45, 7) is 3.27. The molecule has 0 aliphatic heterocycles. The van der Waals surface area contributed by atoms with Crippen LogP contribution in [0, 0.1) is 36.5 Å². The number of rotatable bonds is 5. The molecule has 4 aliphatic carbocycles. The average Bonchev–Trinajstić information content (AvgIpc) is 3.36. The Morgan fingerprint density at radius 2 is 1.68 bits per heavy atom. The summed E-state index contributed by atoms with van der Waals surface area (Å²) in [6, 6.07) is 4.08. The molecule has 0 bridgehead atoms. The normalized spacial score (nSPS) is 34.8. The second-order valence-corrected chi connectivity index (χ2v) is 12.2. The Morgan fingerprint density at radius 3 is 2.27 bits per heavy atom. The molecule has 4 aliphatic rings. The van der Waals surface area contributed by atoms with E-state index in [1.807, 2.05) is 0 Å². The summed E-state index contributed by atoms with van der Waals surface area (Å²) in [5, 5.41) is 23.5. The zero-order valence-electron chi connectivity index (χ0n) is 23.0. The fraction of sp³-hybridized carbons (Fsp3) is 0.586. The van der Waals surface area contributed by atoms with Crippen molar-refractivity contribution >= 4 is 35.0 Å². The Morgan fingerprint density at radius 1 is 1.02 bits per heavy atom. The number of carboxylic acids is 1. The van der Waals surface area contributed by atoms with Crippen LogP contribution in [0.2, 0.25) is 0 Å². The number of aliphatic carboxylic acids is 1. The van der Waals surface area contributed by atoms with Crippen molar-refractivity contribution in [2.24, 2.45) is 29.6 Å². The summed E-state index contributed by atoms with van der Waals surface area (Å²) in [4.78, 5) is 81.9. The molecule has 1 amide bonds. The molecule has 0 radical (unpaired) electrons. The van der Waals surface area contributed by atoms with Crippen molar-refractivity contribution in [3.8, 4) is 0 Å². The quantitative estimate of drug-likeness (QED) is 0.311. The maximum absolute atomic E-state index is 14.1. The predicted octanol–water partition coefficient (Wildman–Crippen LogP) is -0.782. The van der Waals surface area contributed by atoms with Crippen LogP contribution in [0.3, 0.4) is 0 Å². The zero-order chi connectivity index (χ0) is 29.3. The van der Waals surface area contributed by atoms with Crippen molar-refractivity contribution in [1.29, 1.82) is 0 Å². The van der Waals surface area contributed by atoms with Crippen molar-refractivity contribution in [3.05, 3.63) is 34.9 Å². The van der Waals surface area contributed by atoms with E-state index < -0.39 is 81.8 Å². The standard InChI is InChI=1S/C29H35N3O8/c1-13-8-7-9-15-17(13)22(33)19-16(28(15,2)40)12-14-18(23(19)34)24(35)20(25(36)21(14)32(3)4)26(37)30-31-29(27(38)39)10-5-6-11-29/h7-9,14,16,18-21,31,40H,5-6,10-12H2,1-4H3,(H,30,37)(H,38,39)/p-1/t14-,16+,18?,19?,20?,21+,28?/m1/s1. The Kier molecular flexibility index (Phi) is 6.83. The van der Waals surface area contributed by atoms with Gasteiger partial charge in [0.1, 0.15) is 0 Å². The number of ketones is 4. The van der Waals surface area contributed by atoms with Crippen molar-refractivity contribution in [2.45, 2.75) is 63.1 Å². The summed E-state index contributed by atoms with van der Waals surface area (Å²) in [7, 11) is 3.21. The number of amides is 1. The van der Waals surface area contributed by atoms with Crippen LogP contribution in [0.15, 0.2) is 18.2 Å². The Hall–Kier alpha value is -3.28. The molecule has 3 saturated carbocycles. The maximum Gasteiger partial charge on any atom is 0.252 e. The lowest BCUT2D eigenvalue weighted by Crippen LogP contribution is -2.68. The molecule has 4 unspecified atom stereocenters. The number of hydrogen-bond donors (Lipinski definition) is 3. The molecule has 40 heavy (non-hydrogen) atoms. The van der Waals surface area contributed by atoms with Gasteiger partial charge in [-0.15, -0.1) is 0 Å². The van der Waals surface area contributed by atoms with Crippen LogP contribution < -0.4 is 16.0 Å². The van der Waals surface area contributed by atoms with E-state index in [1.54, 1.807) is 51.0 Å². The minimum atomic E-state index is -1.87. The molecule has 11 nitrogen and oxygen atoms in total. The van der Waals surface area contributed by atoms with E-state index in [9.17, 15) is 39.0 Å². The number of fused-ring (bicyclic) bond motifs is 3. The Balaban J connectivity index is 1.51. The van der Waals surface area contributed by atoms with Crippen LogP contribution in [-0.2, 0) is 29.6 Å². The lowest BCUT2D eigenvalue weighted by Gasteiger charge is -2.52. The van der Waals surface area contributed by atoms with Gasteiger partial charge in [0.25, 0.3) is 5.91 Å². The first kappa shape index (κ1) is 28.3. The predicted molar refractivity (Wildman–Crippen MR) is 137 cm³/mol.